The first-order valence-corrected chi connectivity index (χ1v) is 6.79. The van der Waals surface area contributed by atoms with Crippen molar-refractivity contribution >= 4 is 16.8 Å². The van der Waals surface area contributed by atoms with Crippen molar-refractivity contribution in [3.05, 3.63) is 59.0 Å². The van der Waals surface area contributed by atoms with Crippen LogP contribution in [0.5, 0.6) is 0 Å². The quantitative estimate of drug-likeness (QED) is 0.765. The van der Waals surface area contributed by atoms with Crippen LogP contribution in [0, 0.1) is 20.8 Å². The molecule has 2 aromatic carbocycles. The van der Waals surface area contributed by atoms with E-state index < -0.39 is 0 Å². The molecule has 1 N–H and O–H groups in total. The first kappa shape index (κ1) is 12.7. The lowest BCUT2D eigenvalue weighted by Gasteiger charge is -2.10. The Morgan fingerprint density at radius 3 is 2.80 bits per heavy atom. The molecular formula is C17H18N2O. The smallest absolute Gasteiger partial charge is 0.192 e. The van der Waals surface area contributed by atoms with E-state index in [2.05, 4.69) is 42.3 Å². The van der Waals surface area contributed by atoms with Gasteiger partial charge in [-0.1, -0.05) is 18.2 Å². The third kappa shape index (κ3) is 2.39. The molecule has 0 fully saturated rings. The van der Waals surface area contributed by atoms with Crippen LogP contribution < -0.4 is 5.32 Å². The van der Waals surface area contributed by atoms with Gasteiger partial charge < -0.3 is 9.73 Å². The SMILES string of the molecule is Cc1nc2cc(NCc3cccc(C)c3C)ccc2o1. The fourth-order valence-corrected chi connectivity index (χ4v) is 2.35. The van der Waals surface area contributed by atoms with Crippen LogP contribution in [-0.2, 0) is 6.54 Å². The summed E-state index contributed by atoms with van der Waals surface area (Å²) in [4.78, 5) is 4.35. The molecule has 3 nitrogen and oxygen atoms in total. The largest absolute Gasteiger partial charge is 0.441 e. The number of hydrogen-bond acceptors (Lipinski definition) is 3. The second-order valence-electron chi connectivity index (χ2n) is 5.13. The Morgan fingerprint density at radius 1 is 1.10 bits per heavy atom. The Balaban J connectivity index is 1.81. The van der Waals surface area contributed by atoms with Crippen LogP contribution in [0.1, 0.15) is 22.6 Å². The van der Waals surface area contributed by atoms with Crippen molar-refractivity contribution in [2.45, 2.75) is 27.3 Å². The summed E-state index contributed by atoms with van der Waals surface area (Å²) >= 11 is 0. The summed E-state index contributed by atoms with van der Waals surface area (Å²) in [5.74, 6) is 0.701. The van der Waals surface area contributed by atoms with Gasteiger partial charge in [-0.05, 0) is 48.7 Å². The monoisotopic (exact) mass is 266 g/mol. The lowest BCUT2D eigenvalue weighted by Crippen LogP contribution is -2.02. The van der Waals surface area contributed by atoms with Gasteiger partial charge in [0.2, 0.25) is 0 Å². The number of aromatic nitrogens is 1. The molecule has 3 rings (SSSR count). The number of rotatable bonds is 3. The van der Waals surface area contributed by atoms with E-state index in [1.165, 1.54) is 16.7 Å². The van der Waals surface area contributed by atoms with Crippen molar-refractivity contribution < 1.29 is 4.42 Å². The number of benzene rings is 2. The number of hydrogen-bond donors (Lipinski definition) is 1. The highest BCUT2D eigenvalue weighted by Crippen LogP contribution is 2.21. The number of anilines is 1. The van der Waals surface area contributed by atoms with Crippen molar-refractivity contribution in [3.8, 4) is 0 Å². The molecule has 20 heavy (non-hydrogen) atoms. The molecule has 0 atom stereocenters. The van der Waals surface area contributed by atoms with Crippen LogP contribution in [0.15, 0.2) is 40.8 Å². The van der Waals surface area contributed by atoms with Gasteiger partial charge >= 0.3 is 0 Å². The highest BCUT2D eigenvalue weighted by Gasteiger charge is 2.04. The highest BCUT2D eigenvalue weighted by atomic mass is 16.3. The molecule has 0 aliphatic carbocycles. The van der Waals surface area contributed by atoms with E-state index in [1.54, 1.807) is 0 Å². The Kier molecular flexibility index (Phi) is 3.18. The number of nitrogens with one attached hydrogen (secondary N) is 1. The van der Waals surface area contributed by atoms with Crippen molar-refractivity contribution in [2.75, 3.05) is 5.32 Å². The summed E-state index contributed by atoms with van der Waals surface area (Å²) in [6.45, 7) is 6.98. The molecule has 0 aliphatic rings. The van der Waals surface area contributed by atoms with E-state index in [1.807, 2.05) is 25.1 Å². The van der Waals surface area contributed by atoms with Gasteiger partial charge in [-0.2, -0.15) is 0 Å². The summed E-state index contributed by atoms with van der Waals surface area (Å²) in [5.41, 5.74) is 6.78. The van der Waals surface area contributed by atoms with Gasteiger partial charge in [-0.3, -0.25) is 0 Å². The lowest BCUT2D eigenvalue weighted by molar-refractivity contribution is 0.561. The first-order chi connectivity index (χ1) is 9.63. The van der Waals surface area contributed by atoms with E-state index in [0.29, 0.717) is 5.89 Å². The molecule has 0 amide bonds. The Hall–Kier alpha value is -2.29. The third-order valence-corrected chi connectivity index (χ3v) is 3.69. The molecule has 1 aromatic heterocycles. The number of oxazole rings is 1. The lowest BCUT2D eigenvalue weighted by atomic mass is 10.0. The fourth-order valence-electron chi connectivity index (χ4n) is 2.35. The molecule has 3 aromatic rings. The zero-order chi connectivity index (χ0) is 14.1. The van der Waals surface area contributed by atoms with Crippen LogP contribution in [-0.4, -0.2) is 4.98 Å². The van der Waals surface area contributed by atoms with Crippen molar-refractivity contribution in [1.29, 1.82) is 0 Å². The molecule has 0 bridgehead atoms. The Bertz CT molecular complexity index is 759. The maximum absolute atomic E-state index is 5.48. The topological polar surface area (TPSA) is 38.1 Å². The first-order valence-electron chi connectivity index (χ1n) is 6.79. The summed E-state index contributed by atoms with van der Waals surface area (Å²) in [6.07, 6.45) is 0. The van der Waals surface area contributed by atoms with Gasteiger partial charge in [0, 0.05) is 19.2 Å². The zero-order valence-corrected chi connectivity index (χ0v) is 12.0. The zero-order valence-electron chi connectivity index (χ0n) is 12.0. The van der Waals surface area contributed by atoms with Gasteiger partial charge in [0.1, 0.15) is 5.52 Å². The molecule has 3 heteroatoms. The van der Waals surface area contributed by atoms with Gasteiger partial charge in [-0.25, -0.2) is 4.98 Å². The van der Waals surface area contributed by atoms with E-state index in [0.717, 1.165) is 23.3 Å². The minimum atomic E-state index is 0.701. The van der Waals surface area contributed by atoms with Crippen LogP contribution in [0.25, 0.3) is 11.1 Å². The summed E-state index contributed by atoms with van der Waals surface area (Å²) in [5, 5.41) is 3.45. The van der Waals surface area contributed by atoms with Gasteiger partial charge in [0.05, 0.1) is 0 Å². The van der Waals surface area contributed by atoms with Crippen LogP contribution in [0.4, 0.5) is 5.69 Å². The van der Waals surface area contributed by atoms with Crippen molar-refractivity contribution in [3.63, 3.8) is 0 Å². The molecule has 102 valence electrons. The molecule has 0 aliphatic heterocycles. The minimum Gasteiger partial charge on any atom is -0.441 e. The maximum Gasteiger partial charge on any atom is 0.192 e. The third-order valence-electron chi connectivity index (χ3n) is 3.69. The Labute approximate surface area is 118 Å². The highest BCUT2D eigenvalue weighted by molar-refractivity contribution is 5.77. The normalized spacial score (nSPS) is 10.9. The standard InChI is InChI=1S/C17H18N2O/c1-11-5-4-6-14(12(11)2)10-18-15-7-8-17-16(9-15)19-13(3)20-17/h4-9,18H,10H2,1-3H3. The maximum atomic E-state index is 5.48. The predicted octanol–water partition coefficient (Wildman–Crippen LogP) is 4.37. The van der Waals surface area contributed by atoms with Crippen molar-refractivity contribution in [1.82, 2.24) is 4.98 Å². The number of nitrogens with zero attached hydrogens (tertiary/aromatic N) is 1. The minimum absolute atomic E-state index is 0.701. The molecule has 1 heterocycles. The van der Waals surface area contributed by atoms with Crippen molar-refractivity contribution in [2.24, 2.45) is 0 Å². The summed E-state index contributed by atoms with van der Waals surface area (Å²) in [6, 6.07) is 12.4. The summed E-state index contributed by atoms with van der Waals surface area (Å²) < 4.78 is 5.48. The second-order valence-corrected chi connectivity index (χ2v) is 5.13. The molecule has 0 saturated heterocycles. The van der Waals surface area contributed by atoms with Gasteiger partial charge in [0.25, 0.3) is 0 Å². The number of fused-ring (bicyclic) bond motifs is 1. The molecule has 0 radical (unpaired) electrons. The fraction of sp³-hybridized carbons (Fsp3) is 0.235. The van der Waals surface area contributed by atoms with Crippen LogP contribution >= 0.6 is 0 Å². The second kappa shape index (κ2) is 5.00. The van der Waals surface area contributed by atoms with E-state index >= 15 is 0 Å². The van der Waals surface area contributed by atoms with Gasteiger partial charge in [-0.15, -0.1) is 0 Å². The van der Waals surface area contributed by atoms with Crippen LogP contribution in [0.3, 0.4) is 0 Å². The van der Waals surface area contributed by atoms with E-state index in [-0.39, 0.29) is 0 Å². The Morgan fingerprint density at radius 2 is 1.95 bits per heavy atom. The number of aryl methyl sites for hydroxylation is 2. The average molecular weight is 266 g/mol. The van der Waals surface area contributed by atoms with E-state index in [9.17, 15) is 0 Å². The molecule has 0 spiro atoms. The summed E-state index contributed by atoms with van der Waals surface area (Å²) in [7, 11) is 0. The van der Waals surface area contributed by atoms with E-state index in [4.69, 9.17) is 4.42 Å². The van der Waals surface area contributed by atoms with Gasteiger partial charge in [0.15, 0.2) is 11.5 Å². The predicted molar refractivity (Wildman–Crippen MR) is 82.0 cm³/mol. The van der Waals surface area contributed by atoms with Crippen LogP contribution in [0.2, 0.25) is 0 Å². The molecule has 0 unspecified atom stereocenters. The average Bonchev–Trinajstić information content (AvgIpc) is 2.79. The molecule has 0 saturated carbocycles. The molecular weight excluding hydrogens is 248 g/mol.